The van der Waals surface area contributed by atoms with Crippen molar-refractivity contribution < 1.29 is 73.8 Å². The molecule has 0 aliphatic heterocycles. The van der Waals surface area contributed by atoms with Gasteiger partial charge in [-0.1, -0.05) is 326 Å². The molecule has 0 unspecified atom stereocenters. The van der Waals surface area contributed by atoms with E-state index in [0.29, 0.717) is 91.2 Å². The molecule has 0 radical (unpaired) electrons. The third-order valence-corrected chi connectivity index (χ3v) is 24.0. The molecular weight excluding hydrogens is 1900 g/mol. The van der Waals surface area contributed by atoms with E-state index in [1.807, 2.05) is 68.4 Å². The molecule has 0 aliphatic rings. The second-order valence-electron chi connectivity index (χ2n) is 38.7. The lowest BCUT2D eigenvalue weighted by Gasteiger charge is -2.27. The molecule has 0 atom stereocenters. The number of hydrogen-bond acceptors (Lipinski definition) is 5. The number of phenols is 5. The summed E-state index contributed by atoms with van der Waals surface area (Å²) in [6, 6.07) is 38.3. The van der Waals surface area contributed by atoms with Crippen molar-refractivity contribution in [3.8, 4) is 84.4 Å². The fourth-order valence-electron chi connectivity index (χ4n) is 13.0. The number of rotatable bonds is 12. The van der Waals surface area contributed by atoms with Crippen LogP contribution < -0.4 is 0 Å². The number of alkyl halides is 11. The molecule has 0 saturated heterocycles. The standard InChI is InChI=1S/C25H35BrO.C23H31BrO.C19H17BrF6O.C17H16BrF3O.C17H17BrF2O/c1-23(2,3)18-10-16(11-19(13-18)24(4,5)6)21-14-20(25(7,8)9)12-17(15-26)22(21)27;1-14(2)16-8-17(15(3)4)10-18(9-16)21-12-20(23(5,6)7)11-19(13-24)22(21)25;1-17(2,3)12-6-11(9-20)16(27)15(8-12)10-4-13(18(21,22)23)7-14(5-10)19(24,25)26;1-17(2,3)10-4-9(8-18)16(22)12(5-10)15-13(20)6-11(19)7-14(15)21;1-17(2,3)11-7-10(9-18)16(21)12(8-11)15-13(19)5-4-6-14(15)20/h10-14,27H,15H2,1-9H3;8-12,14-15,25H,13H2,1-7H3;4-8,27H,9H2,1-3H3;4-7,22H,8H2,1-3H3;4-8,21H,9H2,1-3H3. The van der Waals surface area contributed by atoms with Crippen LogP contribution in [0, 0.1) is 29.1 Å². The van der Waals surface area contributed by atoms with Crippen molar-refractivity contribution in [1.82, 2.24) is 0 Å². The lowest BCUT2D eigenvalue weighted by atomic mass is 9.78. The molecule has 10 aromatic carbocycles. The maximum absolute atomic E-state index is 14.0. The third-order valence-electron chi connectivity index (χ3n) is 21.0. The van der Waals surface area contributed by atoms with Crippen LogP contribution in [0.5, 0.6) is 28.7 Å². The summed E-state index contributed by atoms with van der Waals surface area (Å²) < 4.78 is 148. The van der Waals surface area contributed by atoms with Crippen LogP contribution in [0.2, 0.25) is 0 Å². The van der Waals surface area contributed by atoms with E-state index in [4.69, 9.17) is 0 Å². The molecule has 0 spiro atoms. The Morgan fingerprint density at radius 3 is 0.689 bits per heavy atom. The van der Waals surface area contributed by atoms with Gasteiger partial charge in [0.1, 0.15) is 57.8 Å². The Labute approximate surface area is 757 Å². The minimum absolute atomic E-state index is 0.0217. The quantitative estimate of drug-likeness (QED) is 0.0620. The summed E-state index contributed by atoms with van der Waals surface area (Å²) >= 11 is 16.8. The number of benzene rings is 10. The highest BCUT2D eigenvalue weighted by atomic mass is 79.9. The summed E-state index contributed by atoms with van der Waals surface area (Å²) in [6.07, 6.45) is -9.91. The van der Waals surface area contributed by atoms with Crippen molar-refractivity contribution in [2.45, 2.75) is 262 Å². The van der Waals surface area contributed by atoms with Gasteiger partial charge in [0, 0.05) is 94.4 Å². The average molecular weight is 2020 g/mol. The molecule has 5 nitrogen and oxygen atoms in total. The second-order valence-corrected chi connectivity index (χ2v) is 41.5. The first-order valence-corrected chi connectivity index (χ1v) is 45.7. The van der Waals surface area contributed by atoms with E-state index < -0.39 is 63.5 Å². The van der Waals surface area contributed by atoms with Crippen molar-refractivity contribution in [3.63, 3.8) is 0 Å². The van der Waals surface area contributed by atoms with E-state index in [1.165, 1.54) is 57.6 Å². The van der Waals surface area contributed by atoms with E-state index in [1.54, 1.807) is 24.3 Å². The number of hydrogen-bond donors (Lipinski definition) is 5. The van der Waals surface area contributed by atoms with E-state index in [0.717, 1.165) is 44.5 Å². The largest absolute Gasteiger partial charge is 0.507 e. The smallest absolute Gasteiger partial charge is 0.416 e. The zero-order chi connectivity index (χ0) is 92.9. The van der Waals surface area contributed by atoms with Crippen LogP contribution in [0.1, 0.15) is 274 Å². The Bertz CT molecular complexity index is 5090. The second kappa shape index (κ2) is 40.2. The van der Waals surface area contributed by atoms with Crippen molar-refractivity contribution in [3.05, 3.63) is 264 Å². The molecular formula is C101H116Br5F11O5. The zero-order valence-electron chi connectivity index (χ0n) is 74.3. The Morgan fingerprint density at radius 1 is 0.254 bits per heavy atom. The van der Waals surface area contributed by atoms with Crippen LogP contribution >= 0.6 is 79.6 Å². The maximum atomic E-state index is 14.0. The molecule has 0 aliphatic carbocycles. The summed E-state index contributed by atoms with van der Waals surface area (Å²) in [4.78, 5) is 0. The van der Waals surface area contributed by atoms with E-state index in [2.05, 4.69) is 251 Å². The molecule has 10 rings (SSSR count). The SMILES string of the molecule is CC(C)(C)c1cc(-c2cc(C(C)(C)C)cc(CBr)c2O)cc(C(C)(C)C)c1.CC(C)(C)c1cc(CBr)c(O)c(-c2c(F)cc(F)cc2F)c1.CC(C)(C)c1cc(CBr)c(O)c(-c2c(F)cccc2F)c1.CC(C)(C)c1cc(CBr)c(O)c(-c2cc(C(F)(F)F)cc(C(F)(F)F)c2)c1.CC(C)c1cc(-c2cc(C(C)(C)C)cc(CBr)c2O)cc(C(C)C)c1. The fourth-order valence-corrected chi connectivity index (χ4v) is 15.1. The Hall–Kier alpha value is -7.17. The van der Waals surface area contributed by atoms with Gasteiger partial charge < -0.3 is 25.5 Å². The van der Waals surface area contributed by atoms with Crippen LogP contribution in [-0.4, -0.2) is 25.5 Å². The van der Waals surface area contributed by atoms with Gasteiger partial charge in [-0.05, 0) is 177 Å². The van der Waals surface area contributed by atoms with Crippen LogP contribution in [0.3, 0.4) is 0 Å². The molecule has 0 heterocycles. The van der Waals surface area contributed by atoms with Crippen molar-refractivity contribution in [1.29, 1.82) is 0 Å². The molecule has 5 N–H and O–H groups in total. The van der Waals surface area contributed by atoms with Crippen molar-refractivity contribution in [2.75, 3.05) is 0 Å². The first-order chi connectivity index (χ1) is 55.7. The highest BCUT2D eigenvalue weighted by molar-refractivity contribution is 9.09. The number of halogens is 16. The highest BCUT2D eigenvalue weighted by Gasteiger charge is 2.38. The van der Waals surface area contributed by atoms with Crippen LogP contribution in [0.4, 0.5) is 48.3 Å². The lowest BCUT2D eigenvalue weighted by molar-refractivity contribution is -0.143. The topological polar surface area (TPSA) is 101 Å². The van der Waals surface area contributed by atoms with E-state index in [9.17, 15) is 73.8 Å². The fraction of sp³-hybridized carbons (Fsp3) is 0.406. The predicted molar refractivity (Wildman–Crippen MR) is 500 cm³/mol. The summed E-state index contributed by atoms with van der Waals surface area (Å²) in [6.45, 7) is 53.1. The molecule has 10 aromatic rings. The molecule has 662 valence electrons. The molecule has 0 fully saturated rings. The van der Waals surface area contributed by atoms with Gasteiger partial charge in [-0.25, -0.2) is 22.0 Å². The van der Waals surface area contributed by atoms with Gasteiger partial charge in [-0.15, -0.1) is 0 Å². The zero-order valence-corrected chi connectivity index (χ0v) is 82.3. The van der Waals surface area contributed by atoms with Gasteiger partial charge in [0.15, 0.2) is 0 Å². The first kappa shape index (κ1) is 104. The van der Waals surface area contributed by atoms with Crippen molar-refractivity contribution in [2.24, 2.45) is 0 Å². The molecule has 122 heavy (non-hydrogen) atoms. The summed E-state index contributed by atoms with van der Waals surface area (Å²) in [7, 11) is 0. The summed E-state index contributed by atoms with van der Waals surface area (Å²) in [5, 5.41) is 55.1. The minimum Gasteiger partial charge on any atom is -0.507 e. The van der Waals surface area contributed by atoms with Crippen LogP contribution in [0.25, 0.3) is 55.6 Å². The van der Waals surface area contributed by atoms with Gasteiger partial charge in [-0.2, -0.15) is 26.3 Å². The Kier molecular flexibility index (Phi) is 34.2. The molecule has 0 amide bonds. The molecule has 21 heteroatoms. The van der Waals surface area contributed by atoms with E-state index in [-0.39, 0.29) is 89.0 Å². The monoisotopic (exact) mass is 2010 g/mol. The lowest BCUT2D eigenvalue weighted by Crippen LogP contribution is -2.16. The van der Waals surface area contributed by atoms with Crippen LogP contribution in [0.15, 0.2) is 146 Å². The highest BCUT2D eigenvalue weighted by Crippen LogP contribution is 2.49. The van der Waals surface area contributed by atoms with E-state index >= 15 is 0 Å². The molecule has 0 saturated carbocycles. The number of phenolic OH excluding ortho intramolecular Hbond substituents is 5. The number of aromatic hydroxyl groups is 5. The van der Waals surface area contributed by atoms with Gasteiger partial charge in [-0.3, -0.25) is 0 Å². The molecule has 0 bridgehead atoms. The van der Waals surface area contributed by atoms with Gasteiger partial charge >= 0.3 is 12.4 Å². The van der Waals surface area contributed by atoms with Crippen LogP contribution in [-0.2, 0) is 76.9 Å². The van der Waals surface area contributed by atoms with Gasteiger partial charge in [0.25, 0.3) is 0 Å². The predicted octanol–water partition coefficient (Wildman–Crippen LogP) is 33.8. The Morgan fingerprint density at radius 2 is 0.459 bits per heavy atom. The Balaban J connectivity index is 0.000000237. The van der Waals surface area contributed by atoms with Gasteiger partial charge in [0.05, 0.1) is 22.3 Å². The van der Waals surface area contributed by atoms with Gasteiger partial charge in [0.2, 0.25) is 0 Å². The van der Waals surface area contributed by atoms with Crippen molar-refractivity contribution >= 4 is 79.6 Å². The third kappa shape index (κ3) is 26.5. The first-order valence-electron chi connectivity index (χ1n) is 40.1. The summed E-state index contributed by atoms with van der Waals surface area (Å²) in [5.74, 6) is -3.42. The minimum atomic E-state index is -4.95. The summed E-state index contributed by atoms with van der Waals surface area (Å²) in [5.41, 5.74) is 13.2. The molecule has 0 aromatic heterocycles. The maximum Gasteiger partial charge on any atom is 0.416 e. The average Bonchev–Trinajstić information content (AvgIpc) is 1.12. The normalized spacial score (nSPS) is 12.5.